The predicted molar refractivity (Wildman–Crippen MR) is 110 cm³/mol. The summed E-state index contributed by atoms with van der Waals surface area (Å²) in [6.45, 7) is 6.01. The topological polar surface area (TPSA) is 102 Å². The van der Waals surface area contributed by atoms with Crippen LogP contribution in [0.25, 0.3) is 0 Å². The molecule has 0 spiro atoms. The van der Waals surface area contributed by atoms with Crippen molar-refractivity contribution in [1.82, 2.24) is 0 Å². The summed E-state index contributed by atoms with van der Waals surface area (Å²) in [6.07, 6.45) is 1.33. The van der Waals surface area contributed by atoms with Crippen LogP contribution in [0.5, 0.6) is 11.5 Å². The van der Waals surface area contributed by atoms with E-state index in [9.17, 15) is 18.6 Å². The van der Waals surface area contributed by atoms with E-state index in [1.165, 1.54) is 17.6 Å². The molecule has 0 amide bonds. The average molecular weight is 475 g/mol. The van der Waals surface area contributed by atoms with E-state index in [0.29, 0.717) is 5.75 Å². The van der Waals surface area contributed by atoms with E-state index >= 15 is 0 Å². The van der Waals surface area contributed by atoms with Gasteiger partial charge in [-0.05, 0) is 46.7 Å². The SMILES string of the molecule is CC(C)(C)c1ccc(S(=O)(=O)N=C2C=CSC2=C([O-])[O-])c(Oc2ccccc2)c1.[Na+].[Na+]. The second kappa shape index (κ2) is 11.4. The molecule has 0 radical (unpaired) electrons. The molecule has 3 rings (SSSR count). The van der Waals surface area contributed by atoms with Crippen LogP contribution in [0.15, 0.2) is 80.2 Å². The summed E-state index contributed by atoms with van der Waals surface area (Å²) in [5.41, 5.74) is 0.484. The maximum atomic E-state index is 13.0. The fraction of sp³-hybridized carbons (Fsp3) is 0.190. The maximum absolute atomic E-state index is 13.0. The molecule has 0 saturated heterocycles. The Bertz CT molecular complexity index is 1120. The molecule has 0 aliphatic carbocycles. The second-order valence-electron chi connectivity index (χ2n) is 7.32. The Morgan fingerprint density at radius 1 is 1.03 bits per heavy atom. The molecule has 10 heteroatoms. The van der Waals surface area contributed by atoms with Crippen molar-refractivity contribution in [2.75, 3.05) is 0 Å². The number of ether oxygens (including phenoxy) is 1. The van der Waals surface area contributed by atoms with Gasteiger partial charge in [0.2, 0.25) is 0 Å². The standard InChI is InChI=1S/C21H21NO5S2.2Na/c1-21(2,3)14-9-10-18(17(13-14)27-15-7-5-4-6-8-15)29(25,26)22-16-11-12-28-19(16)20(23)24;;/h4-13,23-24H,1-3H3;;/q;2*+1/p-2. The van der Waals surface area contributed by atoms with Gasteiger partial charge in [0.15, 0.2) is 0 Å². The number of allylic oxidation sites excluding steroid dienone is 2. The zero-order valence-electron chi connectivity index (χ0n) is 18.1. The fourth-order valence-corrected chi connectivity index (χ4v) is 4.41. The number of hydrogen-bond acceptors (Lipinski definition) is 6. The van der Waals surface area contributed by atoms with Crippen molar-refractivity contribution in [3.05, 3.63) is 76.4 Å². The number of rotatable bonds is 4. The smallest absolute Gasteiger partial charge is 0.883 e. The van der Waals surface area contributed by atoms with Crippen molar-refractivity contribution in [3.63, 3.8) is 0 Å². The van der Waals surface area contributed by atoms with Crippen molar-refractivity contribution >= 4 is 27.5 Å². The van der Waals surface area contributed by atoms with Crippen LogP contribution < -0.4 is 74.1 Å². The van der Waals surface area contributed by atoms with Crippen LogP contribution in [-0.2, 0) is 15.4 Å². The Kier molecular flexibility index (Phi) is 10.4. The van der Waals surface area contributed by atoms with Crippen molar-refractivity contribution in [1.29, 1.82) is 0 Å². The summed E-state index contributed by atoms with van der Waals surface area (Å²) in [5, 5.41) is 23.8. The van der Waals surface area contributed by atoms with Gasteiger partial charge >= 0.3 is 59.1 Å². The molecule has 6 nitrogen and oxygen atoms in total. The Balaban J connectivity index is 0.00000240. The number of thioether (sulfide) groups is 1. The van der Waals surface area contributed by atoms with Gasteiger partial charge in [0.05, 0.1) is 5.71 Å². The first-order valence-corrected chi connectivity index (χ1v) is 11.0. The van der Waals surface area contributed by atoms with Crippen LogP contribution in [0.3, 0.4) is 0 Å². The van der Waals surface area contributed by atoms with Gasteiger partial charge in [-0.1, -0.05) is 56.8 Å². The zero-order chi connectivity index (χ0) is 21.2. The van der Waals surface area contributed by atoms with Crippen LogP contribution in [0.2, 0.25) is 0 Å². The van der Waals surface area contributed by atoms with Gasteiger partial charge in [-0.3, -0.25) is 0 Å². The van der Waals surface area contributed by atoms with Crippen LogP contribution >= 0.6 is 11.8 Å². The van der Waals surface area contributed by atoms with E-state index in [1.54, 1.807) is 36.4 Å². The van der Waals surface area contributed by atoms with Gasteiger partial charge in [-0.15, -0.1) is 0 Å². The van der Waals surface area contributed by atoms with E-state index in [4.69, 9.17) is 4.74 Å². The maximum Gasteiger partial charge on any atom is 1.00 e. The largest absolute Gasteiger partial charge is 1.00 e. The third-order valence-corrected chi connectivity index (χ3v) is 6.32. The van der Waals surface area contributed by atoms with Crippen molar-refractivity contribution in [3.8, 4) is 11.5 Å². The molecule has 1 aliphatic heterocycles. The second-order valence-corrected chi connectivity index (χ2v) is 9.80. The molecule has 1 heterocycles. The first-order chi connectivity index (χ1) is 13.6. The molecule has 152 valence electrons. The van der Waals surface area contributed by atoms with Gasteiger partial charge < -0.3 is 14.9 Å². The van der Waals surface area contributed by atoms with Crippen molar-refractivity contribution in [2.24, 2.45) is 4.40 Å². The van der Waals surface area contributed by atoms with Gasteiger partial charge in [-0.25, -0.2) is 0 Å². The number of sulfonamides is 1. The summed E-state index contributed by atoms with van der Waals surface area (Å²) < 4.78 is 35.6. The normalized spacial score (nSPS) is 14.7. The quantitative estimate of drug-likeness (QED) is 0.347. The average Bonchev–Trinajstić information content (AvgIpc) is 3.09. The van der Waals surface area contributed by atoms with E-state index in [0.717, 1.165) is 17.3 Å². The van der Waals surface area contributed by atoms with Gasteiger partial charge in [0.1, 0.15) is 16.4 Å². The molecule has 2 aromatic carbocycles. The molecule has 31 heavy (non-hydrogen) atoms. The predicted octanol–water partition coefficient (Wildman–Crippen LogP) is -2.94. The summed E-state index contributed by atoms with van der Waals surface area (Å²) in [6, 6.07) is 13.6. The Morgan fingerprint density at radius 2 is 1.68 bits per heavy atom. The Hall–Kier alpha value is -0.710. The summed E-state index contributed by atoms with van der Waals surface area (Å²) in [4.78, 5) is -0.393. The first kappa shape index (κ1) is 28.3. The molecule has 1 aliphatic rings. The van der Waals surface area contributed by atoms with Gasteiger partial charge in [-0.2, -0.15) is 18.8 Å². The number of nitrogens with zero attached hydrogens (tertiary/aromatic N) is 1. The van der Waals surface area contributed by atoms with Crippen LogP contribution in [0, 0.1) is 0 Å². The van der Waals surface area contributed by atoms with Gasteiger partial charge in [0.25, 0.3) is 10.0 Å². The Morgan fingerprint density at radius 3 is 2.26 bits per heavy atom. The molecular formula is C21H19NNa2O5S2. The van der Waals surface area contributed by atoms with E-state index < -0.39 is 16.0 Å². The van der Waals surface area contributed by atoms with Crippen LogP contribution in [0.4, 0.5) is 0 Å². The van der Waals surface area contributed by atoms with Crippen molar-refractivity contribution in [2.45, 2.75) is 31.1 Å². The molecule has 0 atom stereocenters. The van der Waals surface area contributed by atoms with Crippen molar-refractivity contribution < 1.29 is 82.5 Å². The zero-order valence-corrected chi connectivity index (χ0v) is 23.7. The number of hydrogen-bond donors (Lipinski definition) is 0. The molecule has 0 fully saturated rings. The molecule has 0 N–H and O–H groups in total. The summed E-state index contributed by atoms with van der Waals surface area (Å²) in [7, 11) is -4.24. The van der Waals surface area contributed by atoms with E-state index in [2.05, 4.69) is 4.40 Å². The molecule has 0 aromatic heterocycles. The summed E-state index contributed by atoms with van der Waals surface area (Å²) in [5.74, 6) is -0.878. The molecule has 0 unspecified atom stereocenters. The number of para-hydroxylation sites is 1. The summed E-state index contributed by atoms with van der Waals surface area (Å²) >= 11 is 0.855. The van der Waals surface area contributed by atoms with E-state index in [-0.39, 0.29) is 85.8 Å². The van der Waals surface area contributed by atoms with E-state index in [1.807, 2.05) is 26.8 Å². The minimum atomic E-state index is -4.24. The third kappa shape index (κ3) is 7.14. The monoisotopic (exact) mass is 475 g/mol. The molecule has 0 saturated carbocycles. The first-order valence-electron chi connectivity index (χ1n) is 8.72. The van der Waals surface area contributed by atoms with Gasteiger partial charge in [0, 0.05) is 4.91 Å². The van der Waals surface area contributed by atoms with Crippen LogP contribution in [-0.4, -0.2) is 14.1 Å². The minimum absolute atomic E-state index is 0. The molecule has 0 bridgehead atoms. The third-order valence-electron chi connectivity index (χ3n) is 4.11. The number of benzene rings is 2. The minimum Gasteiger partial charge on any atom is -0.883 e. The van der Waals surface area contributed by atoms with Crippen LogP contribution in [0.1, 0.15) is 26.3 Å². The Labute approximate surface area is 231 Å². The molecule has 2 aromatic rings. The fourth-order valence-electron chi connectivity index (χ4n) is 2.59. The molecular weight excluding hydrogens is 456 g/mol.